The van der Waals surface area contributed by atoms with Gasteiger partial charge in [-0.1, -0.05) is 35.5 Å². The van der Waals surface area contributed by atoms with E-state index in [0.717, 1.165) is 17.3 Å². The third-order valence-electron chi connectivity index (χ3n) is 5.13. The molecule has 0 aliphatic rings. The van der Waals surface area contributed by atoms with E-state index in [2.05, 4.69) is 27.4 Å². The fourth-order valence-corrected chi connectivity index (χ4v) is 4.19. The lowest BCUT2D eigenvalue weighted by molar-refractivity contribution is -0.384. The Morgan fingerprint density at radius 2 is 1.95 bits per heavy atom. The average molecular weight is 573 g/mol. The number of benzene rings is 2. The summed E-state index contributed by atoms with van der Waals surface area (Å²) < 4.78 is 12.2. The second kappa shape index (κ2) is 14.0. The SMILES string of the molecule is C=CCn1c(CNC(=O)C=Cc2ccc(OC)c(OC)c2)nnc1SCC(=O)Nc1cc([N+](=O)[O-])ccc1Cl. The maximum Gasteiger partial charge on any atom is 0.271 e. The Morgan fingerprint density at radius 1 is 1.18 bits per heavy atom. The summed E-state index contributed by atoms with van der Waals surface area (Å²) in [6.07, 6.45) is 4.66. The summed E-state index contributed by atoms with van der Waals surface area (Å²) >= 11 is 7.15. The number of aromatic nitrogens is 3. The highest BCUT2D eigenvalue weighted by molar-refractivity contribution is 7.99. The molecule has 2 aromatic carbocycles. The van der Waals surface area contributed by atoms with E-state index in [-0.39, 0.29) is 34.6 Å². The molecule has 0 bridgehead atoms. The zero-order valence-electron chi connectivity index (χ0n) is 21.0. The van der Waals surface area contributed by atoms with Gasteiger partial charge in [0.1, 0.15) is 0 Å². The van der Waals surface area contributed by atoms with Gasteiger partial charge in [-0.15, -0.1) is 16.8 Å². The van der Waals surface area contributed by atoms with Crippen LogP contribution in [-0.4, -0.2) is 51.5 Å². The molecule has 2 amide bonds. The molecule has 0 fully saturated rings. The monoisotopic (exact) mass is 572 g/mol. The molecule has 0 aliphatic heterocycles. The molecule has 0 saturated carbocycles. The molecule has 0 radical (unpaired) electrons. The van der Waals surface area contributed by atoms with Crippen molar-refractivity contribution in [2.24, 2.45) is 0 Å². The van der Waals surface area contributed by atoms with Gasteiger partial charge in [-0.05, 0) is 29.8 Å². The van der Waals surface area contributed by atoms with Crippen LogP contribution in [0.3, 0.4) is 0 Å². The van der Waals surface area contributed by atoms with Crippen molar-refractivity contribution in [2.45, 2.75) is 18.2 Å². The van der Waals surface area contributed by atoms with E-state index < -0.39 is 10.8 Å². The van der Waals surface area contributed by atoms with Crippen LogP contribution in [0.4, 0.5) is 11.4 Å². The molecule has 0 unspecified atom stereocenters. The lowest BCUT2D eigenvalue weighted by Gasteiger charge is -2.09. The quantitative estimate of drug-likeness (QED) is 0.101. The zero-order valence-corrected chi connectivity index (χ0v) is 22.6. The first-order valence-electron chi connectivity index (χ1n) is 11.3. The van der Waals surface area contributed by atoms with Crippen LogP contribution in [0.25, 0.3) is 6.08 Å². The number of nitrogens with one attached hydrogen (secondary N) is 2. The molecular weight excluding hydrogens is 548 g/mol. The highest BCUT2D eigenvalue weighted by Crippen LogP contribution is 2.28. The Kier molecular flexibility index (Phi) is 10.5. The number of allylic oxidation sites excluding steroid dienone is 1. The number of anilines is 1. The summed E-state index contributed by atoms with van der Waals surface area (Å²) in [6.45, 7) is 4.17. The number of ether oxygens (including phenoxy) is 2. The molecule has 0 aliphatic carbocycles. The number of non-ortho nitro benzene ring substituents is 1. The van der Waals surface area contributed by atoms with E-state index >= 15 is 0 Å². The van der Waals surface area contributed by atoms with Crippen molar-refractivity contribution in [3.63, 3.8) is 0 Å². The number of methoxy groups -OCH3 is 2. The molecule has 3 aromatic rings. The first-order chi connectivity index (χ1) is 18.7. The Balaban J connectivity index is 1.59. The average Bonchev–Trinajstić information content (AvgIpc) is 3.31. The Labute approximate surface area is 233 Å². The number of rotatable bonds is 13. The highest BCUT2D eigenvalue weighted by atomic mass is 35.5. The van der Waals surface area contributed by atoms with E-state index in [4.69, 9.17) is 21.1 Å². The van der Waals surface area contributed by atoms with Crippen molar-refractivity contribution in [3.05, 3.63) is 81.7 Å². The lowest BCUT2D eigenvalue weighted by Crippen LogP contribution is -2.23. The fraction of sp³-hybridized carbons (Fsp3) is 0.200. The van der Waals surface area contributed by atoms with Gasteiger partial charge in [-0.25, -0.2) is 0 Å². The second-order valence-corrected chi connectivity index (χ2v) is 9.07. The lowest BCUT2D eigenvalue weighted by atomic mass is 10.2. The topological polar surface area (TPSA) is 151 Å². The number of hydrogen-bond acceptors (Lipinski definition) is 9. The van der Waals surface area contributed by atoms with Crippen LogP contribution in [0, 0.1) is 10.1 Å². The molecule has 14 heteroatoms. The number of amides is 2. The van der Waals surface area contributed by atoms with Crippen LogP contribution in [0.2, 0.25) is 5.02 Å². The van der Waals surface area contributed by atoms with Crippen molar-refractivity contribution in [1.82, 2.24) is 20.1 Å². The number of nitro groups is 1. The highest BCUT2D eigenvalue weighted by Gasteiger charge is 2.16. The number of carbonyl (C=O) groups excluding carboxylic acids is 2. The van der Waals surface area contributed by atoms with Crippen molar-refractivity contribution in [3.8, 4) is 11.5 Å². The largest absolute Gasteiger partial charge is 0.493 e. The summed E-state index contributed by atoms with van der Waals surface area (Å²) in [5.74, 6) is 0.747. The Hall–Kier alpha value is -4.36. The predicted octanol–water partition coefficient (Wildman–Crippen LogP) is 4.10. The second-order valence-electron chi connectivity index (χ2n) is 7.72. The molecule has 12 nitrogen and oxygen atoms in total. The fourth-order valence-electron chi connectivity index (χ4n) is 3.26. The van der Waals surface area contributed by atoms with Gasteiger partial charge in [-0.3, -0.25) is 19.7 Å². The van der Waals surface area contributed by atoms with Gasteiger partial charge in [0, 0.05) is 24.8 Å². The smallest absolute Gasteiger partial charge is 0.271 e. The Morgan fingerprint density at radius 3 is 2.64 bits per heavy atom. The summed E-state index contributed by atoms with van der Waals surface area (Å²) in [7, 11) is 3.07. The van der Waals surface area contributed by atoms with Crippen molar-refractivity contribution >= 4 is 52.6 Å². The number of nitrogens with zero attached hydrogens (tertiary/aromatic N) is 4. The van der Waals surface area contributed by atoms with Crippen LogP contribution in [0.5, 0.6) is 11.5 Å². The van der Waals surface area contributed by atoms with E-state index in [9.17, 15) is 19.7 Å². The molecule has 39 heavy (non-hydrogen) atoms. The maximum atomic E-state index is 12.5. The van der Waals surface area contributed by atoms with Crippen LogP contribution >= 0.6 is 23.4 Å². The summed E-state index contributed by atoms with van der Waals surface area (Å²) in [4.78, 5) is 35.2. The molecular formula is C25H25ClN6O6S. The van der Waals surface area contributed by atoms with Crippen LogP contribution < -0.4 is 20.1 Å². The molecule has 1 heterocycles. The number of hydrogen-bond donors (Lipinski definition) is 2. The molecule has 0 saturated heterocycles. The molecule has 1 aromatic heterocycles. The molecule has 2 N–H and O–H groups in total. The van der Waals surface area contributed by atoms with Gasteiger partial charge in [0.25, 0.3) is 5.69 Å². The number of thioether (sulfide) groups is 1. The first-order valence-corrected chi connectivity index (χ1v) is 12.7. The van der Waals surface area contributed by atoms with Gasteiger partial charge in [0.15, 0.2) is 22.5 Å². The third kappa shape index (κ3) is 8.06. The van der Waals surface area contributed by atoms with E-state index in [1.807, 2.05) is 0 Å². The first kappa shape index (κ1) is 29.2. The minimum atomic E-state index is -0.579. The molecule has 3 rings (SSSR count). The van der Waals surface area contributed by atoms with E-state index in [0.29, 0.717) is 29.0 Å². The molecule has 204 valence electrons. The van der Waals surface area contributed by atoms with Crippen molar-refractivity contribution < 1.29 is 24.0 Å². The van der Waals surface area contributed by atoms with Gasteiger partial charge < -0.3 is 24.7 Å². The van der Waals surface area contributed by atoms with Crippen LogP contribution in [0.1, 0.15) is 11.4 Å². The normalized spacial score (nSPS) is 10.7. The number of carbonyl (C=O) groups is 2. The Bertz CT molecular complexity index is 1410. The standard InChI is InChI=1S/C25H25ClN6O6S/c1-4-11-31-22(14-27-23(33)10-6-16-5-9-20(37-2)21(12-16)38-3)29-30-25(31)39-15-24(34)28-19-13-17(32(35)36)7-8-18(19)26/h4-10,12-13H,1,11,14-15H2,2-3H3,(H,27,33)(H,28,34). The van der Waals surface area contributed by atoms with Crippen molar-refractivity contribution in [1.29, 1.82) is 0 Å². The molecule has 0 spiro atoms. The minimum Gasteiger partial charge on any atom is -0.493 e. The molecule has 0 atom stereocenters. The third-order valence-corrected chi connectivity index (χ3v) is 6.42. The van der Waals surface area contributed by atoms with Gasteiger partial charge >= 0.3 is 0 Å². The van der Waals surface area contributed by atoms with Gasteiger partial charge in [-0.2, -0.15) is 0 Å². The summed E-state index contributed by atoms with van der Waals surface area (Å²) in [5, 5.41) is 25.1. The number of nitro benzene ring substituents is 1. The summed E-state index contributed by atoms with van der Waals surface area (Å²) in [5.41, 5.74) is 0.688. The zero-order chi connectivity index (χ0) is 28.4. The summed E-state index contributed by atoms with van der Waals surface area (Å²) in [6, 6.07) is 9.05. The number of halogens is 1. The van der Waals surface area contributed by atoms with Gasteiger partial charge in [0.2, 0.25) is 11.8 Å². The maximum absolute atomic E-state index is 12.5. The minimum absolute atomic E-state index is 0.0608. The van der Waals surface area contributed by atoms with E-state index in [1.165, 1.54) is 31.4 Å². The van der Waals surface area contributed by atoms with Crippen LogP contribution in [0.15, 0.2) is 60.3 Å². The van der Waals surface area contributed by atoms with Crippen LogP contribution in [-0.2, 0) is 22.7 Å². The van der Waals surface area contributed by atoms with Gasteiger partial charge in [0.05, 0.1) is 42.2 Å². The van der Waals surface area contributed by atoms with E-state index in [1.54, 1.807) is 42.0 Å². The van der Waals surface area contributed by atoms with Crippen molar-refractivity contribution in [2.75, 3.05) is 25.3 Å². The predicted molar refractivity (Wildman–Crippen MR) is 148 cm³/mol.